The third-order valence-corrected chi connectivity index (χ3v) is 4.74. The molecule has 0 bridgehead atoms. The number of nitrogens with two attached hydrogens (primary N) is 2. The van der Waals surface area contributed by atoms with E-state index in [1.54, 1.807) is 11.3 Å². The van der Waals surface area contributed by atoms with Crippen LogP contribution in [0.5, 0.6) is 0 Å². The van der Waals surface area contributed by atoms with Crippen LogP contribution in [-0.4, -0.2) is 4.98 Å². The van der Waals surface area contributed by atoms with Crippen LogP contribution < -0.4 is 16.5 Å². The normalized spacial score (nSPS) is 11.3. The fourth-order valence-electron chi connectivity index (χ4n) is 2.59. The molecule has 0 fully saturated rings. The van der Waals surface area contributed by atoms with Crippen molar-refractivity contribution in [1.82, 2.24) is 4.98 Å². The first-order valence-electron chi connectivity index (χ1n) is 7.39. The lowest BCUT2D eigenvalue weighted by molar-refractivity contribution is -0.172. The van der Waals surface area contributed by atoms with Gasteiger partial charge in [-0.25, -0.2) is 4.98 Å². The summed E-state index contributed by atoms with van der Waals surface area (Å²) in [5.74, 6) is 0. The maximum Gasteiger partial charge on any atom is 0.198 e. The lowest BCUT2D eigenvalue weighted by Gasteiger charge is -2.10. The molecule has 1 aromatic carbocycles. The molecule has 0 saturated heterocycles. The Hall–Kier alpha value is -1.94. The van der Waals surface area contributed by atoms with Crippen LogP contribution >= 0.6 is 11.3 Å². The van der Waals surface area contributed by atoms with Gasteiger partial charge >= 0.3 is 0 Å². The molecule has 1 aliphatic heterocycles. The molecule has 0 unspecified atom stereocenters. The third-order valence-electron chi connectivity index (χ3n) is 3.66. The van der Waals surface area contributed by atoms with Crippen LogP contribution in [0.15, 0.2) is 30.3 Å². The molecule has 4 N–H and O–H groups in total. The van der Waals surface area contributed by atoms with E-state index in [0.29, 0.717) is 0 Å². The molecule has 2 aliphatic rings. The molecule has 0 saturated carbocycles. The molecule has 0 amide bonds. The first kappa shape index (κ1) is 14.0. The minimum Gasteiger partial charge on any atom is -0.399 e. The van der Waals surface area contributed by atoms with Crippen LogP contribution in [0.2, 0.25) is 0 Å². The average molecular weight is 298 g/mol. The number of rotatable bonds is 4. The Bertz CT molecular complexity index is 807. The Labute approximate surface area is 128 Å². The summed E-state index contributed by atoms with van der Waals surface area (Å²) in [6, 6.07) is 9.96. The minimum atomic E-state index is 0.770. The number of nitrogens with zero attached hydrogens (tertiary/aromatic N) is 1. The maximum atomic E-state index is 6.06. The highest BCUT2D eigenvalue weighted by Gasteiger charge is 2.11. The van der Waals surface area contributed by atoms with E-state index in [-0.39, 0.29) is 0 Å². The number of benzene rings is 2. The third kappa shape index (κ3) is 2.90. The molecule has 0 atom stereocenters. The van der Waals surface area contributed by atoms with Gasteiger partial charge in [0.1, 0.15) is 0 Å². The van der Waals surface area contributed by atoms with Crippen LogP contribution in [0.25, 0.3) is 20.8 Å². The van der Waals surface area contributed by atoms with Crippen molar-refractivity contribution in [3.05, 3.63) is 41.3 Å². The quantitative estimate of drug-likeness (QED) is 0.441. The number of fused-ring (bicyclic) bond motifs is 2. The van der Waals surface area contributed by atoms with Crippen LogP contribution in [0, 0.1) is 0 Å². The fraction of sp³-hybridized carbons (Fsp3) is 0.294. The van der Waals surface area contributed by atoms with Gasteiger partial charge in [-0.05, 0) is 36.6 Å². The Morgan fingerprint density at radius 3 is 2.86 bits per heavy atom. The molecule has 3 nitrogen and oxygen atoms in total. The first-order chi connectivity index (χ1) is 10.2. The summed E-state index contributed by atoms with van der Waals surface area (Å²) in [6.45, 7) is 2.22. The number of anilines is 1. The SMILES string of the molecule is CCCCCc1cc(N)cc2sc3cc(=[NH2+])ccc-3nc12. The van der Waals surface area contributed by atoms with Crippen LogP contribution in [0.3, 0.4) is 0 Å². The van der Waals surface area contributed by atoms with Crippen molar-refractivity contribution in [2.75, 3.05) is 5.73 Å². The van der Waals surface area contributed by atoms with Crippen molar-refractivity contribution in [3.8, 4) is 10.6 Å². The number of unbranched alkanes of at least 4 members (excludes halogenated alkanes) is 2. The second kappa shape index (κ2) is 5.82. The number of hydrogen-bond donors (Lipinski definition) is 2. The monoisotopic (exact) mass is 298 g/mol. The van der Waals surface area contributed by atoms with E-state index < -0.39 is 0 Å². The molecule has 1 aliphatic carbocycles. The predicted octanol–water partition coefficient (Wildman–Crippen LogP) is 2.38. The van der Waals surface area contributed by atoms with Gasteiger partial charge in [-0.15, -0.1) is 11.3 Å². The smallest absolute Gasteiger partial charge is 0.198 e. The van der Waals surface area contributed by atoms with Gasteiger partial charge in [-0.2, -0.15) is 0 Å². The van der Waals surface area contributed by atoms with Gasteiger partial charge in [0.25, 0.3) is 0 Å². The van der Waals surface area contributed by atoms with Gasteiger partial charge in [0.2, 0.25) is 0 Å². The van der Waals surface area contributed by atoms with Crippen molar-refractivity contribution >= 4 is 27.2 Å². The van der Waals surface area contributed by atoms with Crippen LogP contribution in [-0.2, 0) is 6.42 Å². The van der Waals surface area contributed by atoms with E-state index >= 15 is 0 Å². The van der Waals surface area contributed by atoms with E-state index in [0.717, 1.165) is 38.3 Å². The predicted molar refractivity (Wildman–Crippen MR) is 88.9 cm³/mol. The van der Waals surface area contributed by atoms with Crippen molar-refractivity contribution in [2.24, 2.45) is 0 Å². The fourth-order valence-corrected chi connectivity index (χ4v) is 3.71. The lowest BCUT2D eigenvalue weighted by Crippen LogP contribution is -2.44. The standard InChI is InChI=1S/C17H19N3S/c1-2-3-4-5-11-8-13(19)10-16-17(11)20-14-7-6-12(18)9-15(14)21-16/h6-10,18H,2-5,19H2,1H3/p+1. The molecule has 4 heteroatoms. The summed E-state index contributed by atoms with van der Waals surface area (Å²) in [5, 5.41) is 6.63. The summed E-state index contributed by atoms with van der Waals surface area (Å²) in [7, 11) is 0. The van der Waals surface area contributed by atoms with Gasteiger partial charge in [0.05, 0.1) is 20.8 Å². The summed E-state index contributed by atoms with van der Waals surface area (Å²) in [5.41, 5.74) is 10.2. The van der Waals surface area contributed by atoms with Crippen molar-refractivity contribution in [2.45, 2.75) is 32.6 Å². The van der Waals surface area contributed by atoms with E-state index in [1.165, 1.54) is 24.8 Å². The van der Waals surface area contributed by atoms with E-state index in [1.807, 2.05) is 24.3 Å². The van der Waals surface area contributed by atoms with Gasteiger partial charge in [0.15, 0.2) is 5.36 Å². The van der Waals surface area contributed by atoms with Gasteiger partial charge in [-0.3, -0.25) is 5.41 Å². The molecule has 3 rings (SSSR count). The first-order valence-corrected chi connectivity index (χ1v) is 8.20. The van der Waals surface area contributed by atoms with Gasteiger partial charge in [-0.1, -0.05) is 19.8 Å². The zero-order valence-corrected chi connectivity index (χ0v) is 13.0. The molecule has 0 spiro atoms. The molecule has 1 aromatic rings. The molecule has 108 valence electrons. The Morgan fingerprint density at radius 2 is 2.05 bits per heavy atom. The molecule has 1 heterocycles. The van der Waals surface area contributed by atoms with Crippen LogP contribution in [0.4, 0.5) is 5.69 Å². The van der Waals surface area contributed by atoms with E-state index in [4.69, 9.17) is 16.1 Å². The highest BCUT2D eigenvalue weighted by molar-refractivity contribution is 7.21. The molecule has 0 aromatic heterocycles. The van der Waals surface area contributed by atoms with Crippen molar-refractivity contribution in [1.29, 1.82) is 0 Å². The highest BCUT2D eigenvalue weighted by atomic mass is 32.1. The van der Waals surface area contributed by atoms with Crippen molar-refractivity contribution in [3.63, 3.8) is 0 Å². The van der Waals surface area contributed by atoms with E-state index in [9.17, 15) is 0 Å². The number of hydrogen-bond acceptors (Lipinski definition) is 3. The lowest BCUT2D eigenvalue weighted by atomic mass is 10.1. The highest BCUT2D eigenvalue weighted by Crippen LogP contribution is 2.33. The summed E-state index contributed by atoms with van der Waals surface area (Å²) < 4.78 is 1.14. The number of nitrogen functional groups attached to an aromatic ring is 1. The van der Waals surface area contributed by atoms with Crippen LogP contribution in [0.1, 0.15) is 31.7 Å². The van der Waals surface area contributed by atoms with E-state index in [2.05, 4.69) is 13.0 Å². The molecular weight excluding hydrogens is 278 g/mol. The Balaban J connectivity index is 2.17. The Morgan fingerprint density at radius 1 is 1.19 bits per heavy atom. The summed E-state index contributed by atoms with van der Waals surface area (Å²) in [4.78, 5) is 5.94. The zero-order valence-electron chi connectivity index (χ0n) is 12.2. The Kier molecular flexibility index (Phi) is 3.88. The molecular formula is C17H20N3S+. The zero-order chi connectivity index (χ0) is 14.8. The van der Waals surface area contributed by atoms with Gasteiger partial charge < -0.3 is 5.73 Å². The largest absolute Gasteiger partial charge is 0.399 e. The summed E-state index contributed by atoms with van der Waals surface area (Å²) >= 11 is 1.71. The van der Waals surface area contributed by atoms with Crippen molar-refractivity contribution < 1.29 is 5.41 Å². The van der Waals surface area contributed by atoms with Gasteiger partial charge in [0, 0.05) is 17.8 Å². The second-order valence-electron chi connectivity index (χ2n) is 5.42. The summed E-state index contributed by atoms with van der Waals surface area (Å²) in [6.07, 6.45) is 4.68. The number of aromatic nitrogens is 1. The number of aryl methyl sites for hydroxylation is 1. The second-order valence-corrected chi connectivity index (χ2v) is 6.51. The molecule has 0 radical (unpaired) electrons. The average Bonchev–Trinajstić information content (AvgIpc) is 2.45. The topological polar surface area (TPSA) is 64.5 Å². The maximum absolute atomic E-state index is 6.06. The molecule has 21 heavy (non-hydrogen) atoms. The minimum absolute atomic E-state index is 0.770.